The van der Waals surface area contributed by atoms with Crippen LogP contribution in [0.2, 0.25) is 0 Å². The fourth-order valence-corrected chi connectivity index (χ4v) is 3.37. The van der Waals surface area contributed by atoms with Crippen LogP contribution >= 0.6 is 0 Å². The molecule has 2 aromatic heterocycles. The number of fused-ring (bicyclic) bond motifs is 1. The molecule has 4 rings (SSSR count). The SMILES string of the molecule is NC(=O)C1CCOc2ccc(-n3c(-c4cc[nH]c4N)c(N)[nH]c3=O)cc21. The highest BCUT2D eigenvalue weighted by molar-refractivity contribution is 5.84. The van der Waals surface area contributed by atoms with E-state index in [1.54, 1.807) is 30.5 Å². The number of hydrogen-bond donors (Lipinski definition) is 5. The Kier molecular flexibility index (Phi) is 3.50. The molecule has 3 heterocycles. The van der Waals surface area contributed by atoms with Crippen molar-refractivity contribution in [3.8, 4) is 22.7 Å². The van der Waals surface area contributed by atoms with Crippen molar-refractivity contribution in [3.05, 3.63) is 46.5 Å². The zero-order valence-corrected chi connectivity index (χ0v) is 13.8. The summed E-state index contributed by atoms with van der Waals surface area (Å²) < 4.78 is 7.02. The minimum atomic E-state index is -0.466. The minimum absolute atomic E-state index is 0.196. The number of nitrogen functional groups attached to an aromatic ring is 2. The van der Waals surface area contributed by atoms with Crippen LogP contribution < -0.4 is 27.6 Å². The van der Waals surface area contributed by atoms with Crippen LogP contribution in [0.1, 0.15) is 17.9 Å². The number of ether oxygens (including phenoxy) is 1. The highest BCUT2D eigenvalue weighted by Crippen LogP contribution is 2.36. The van der Waals surface area contributed by atoms with E-state index in [0.717, 1.165) is 0 Å². The lowest BCUT2D eigenvalue weighted by atomic mass is 9.92. The van der Waals surface area contributed by atoms with Crippen molar-refractivity contribution < 1.29 is 9.53 Å². The number of primary amides is 1. The van der Waals surface area contributed by atoms with Crippen molar-refractivity contribution in [1.29, 1.82) is 0 Å². The van der Waals surface area contributed by atoms with Gasteiger partial charge in [0.25, 0.3) is 0 Å². The Bertz CT molecular complexity index is 1060. The molecular formula is C17H18N6O3. The molecular weight excluding hydrogens is 336 g/mol. The number of carbonyl (C=O) groups excluding carboxylic acids is 1. The first-order valence-corrected chi connectivity index (χ1v) is 8.07. The summed E-state index contributed by atoms with van der Waals surface area (Å²) in [7, 11) is 0. The number of nitrogens with one attached hydrogen (secondary N) is 2. The van der Waals surface area contributed by atoms with Gasteiger partial charge in [-0.2, -0.15) is 0 Å². The van der Waals surface area contributed by atoms with Crippen molar-refractivity contribution in [2.75, 3.05) is 18.1 Å². The second-order valence-corrected chi connectivity index (χ2v) is 6.15. The molecule has 1 atom stereocenters. The number of amides is 1. The van der Waals surface area contributed by atoms with Crippen LogP contribution in [0.25, 0.3) is 16.9 Å². The number of H-pyrrole nitrogens is 2. The van der Waals surface area contributed by atoms with Crippen molar-refractivity contribution in [1.82, 2.24) is 14.5 Å². The number of anilines is 2. The quantitative estimate of drug-likeness (QED) is 0.467. The molecule has 0 bridgehead atoms. The number of hydrogen-bond acceptors (Lipinski definition) is 5. The fraction of sp³-hybridized carbons (Fsp3) is 0.176. The van der Waals surface area contributed by atoms with Crippen LogP contribution in [0, 0.1) is 0 Å². The second-order valence-electron chi connectivity index (χ2n) is 6.15. The van der Waals surface area contributed by atoms with Crippen LogP contribution in [0.4, 0.5) is 11.6 Å². The molecule has 3 aromatic rings. The summed E-state index contributed by atoms with van der Waals surface area (Å²) in [6.45, 7) is 0.419. The van der Waals surface area contributed by atoms with Gasteiger partial charge in [-0.1, -0.05) is 0 Å². The molecule has 0 radical (unpaired) electrons. The molecule has 0 spiro atoms. The third-order valence-corrected chi connectivity index (χ3v) is 4.59. The summed E-state index contributed by atoms with van der Waals surface area (Å²) in [6, 6.07) is 6.91. The highest BCUT2D eigenvalue weighted by Gasteiger charge is 2.27. The monoisotopic (exact) mass is 354 g/mol. The van der Waals surface area contributed by atoms with E-state index in [1.165, 1.54) is 4.57 Å². The van der Waals surface area contributed by atoms with Crippen LogP contribution in [0.3, 0.4) is 0 Å². The third kappa shape index (κ3) is 2.32. The minimum Gasteiger partial charge on any atom is -0.493 e. The Morgan fingerprint density at radius 1 is 1.23 bits per heavy atom. The summed E-state index contributed by atoms with van der Waals surface area (Å²) in [5, 5.41) is 0. The fourth-order valence-electron chi connectivity index (χ4n) is 3.37. The molecule has 8 N–H and O–H groups in total. The molecule has 9 heteroatoms. The lowest BCUT2D eigenvalue weighted by Crippen LogP contribution is -2.27. The molecule has 9 nitrogen and oxygen atoms in total. The predicted molar refractivity (Wildman–Crippen MR) is 97.0 cm³/mol. The second kappa shape index (κ2) is 5.73. The van der Waals surface area contributed by atoms with E-state index in [4.69, 9.17) is 21.9 Å². The Morgan fingerprint density at radius 3 is 2.73 bits per heavy atom. The number of aromatic nitrogens is 3. The van der Waals surface area contributed by atoms with Crippen LogP contribution in [-0.4, -0.2) is 27.0 Å². The van der Waals surface area contributed by atoms with Crippen LogP contribution in [-0.2, 0) is 4.79 Å². The topological polar surface area (TPSA) is 158 Å². The third-order valence-electron chi connectivity index (χ3n) is 4.59. The molecule has 1 aromatic carbocycles. The average Bonchev–Trinajstić information content (AvgIpc) is 3.15. The van der Waals surface area contributed by atoms with E-state index in [0.29, 0.717) is 47.1 Å². The van der Waals surface area contributed by atoms with Gasteiger partial charge in [0.2, 0.25) is 5.91 Å². The molecule has 0 fully saturated rings. The van der Waals surface area contributed by atoms with Crippen molar-refractivity contribution >= 4 is 17.5 Å². The first-order valence-electron chi connectivity index (χ1n) is 8.07. The van der Waals surface area contributed by atoms with E-state index < -0.39 is 17.5 Å². The molecule has 0 aliphatic carbocycles. The summed E-state index contributed by atoms with van der Waals surface area (Å²) in [5.74, 6) is 0.278. The Balaban J connectivity index is 1.93. The molecule has 1 unspecified atom stereocenters. The van der Waals surface area contributed by atoms with Gasteiger partial charge in [-0.3, -0.25) is 14.3 Å². The average molecular weight is 354 g/mol. The smallest absolute Gasteiger partial charge is 0.332 e. The Morgan fingerprint density at radius 2 is 2.04 bits per heavy atom. The zero-order valence-electron chi connectivity index (χ0n) is 13.8. The Hall–Kier alpha value is -3.62. The maximum atomic E-state index is 12.5. The van der Waals surface area contributed by atoms with E-state index in [2.05, 4.69) is 9.97 Å². The van der Waals surface area contributed by atoms with Gasteiger partial charge >= 0.3 is 5.69 Å². The van der Waals surface area contributed by atoms with Gasteiger partial charge in [0.15, 0.2) is 0 Å². The first-order chi connectivity index (χ1) is 12.5. The highest BCUT2D eigenvalue weighted by atomic mass is 16.5. The molecule has 1 aliphatic heterocycles. The lowest BCUT2D eigenvalue weighted by Gasteiger charge is -2.24. The molecule has 26 heavy (non-hydrogen) atoms. The Labute approximate surface area is 147 Å². The largest absolute Gasteiger partial charge is 0.493 e. The number of imidazole rings is 1. The molecule has 0 saturated heterocycles. The van der Waals surface area contributed by atoms with Crippen LogP contribution in [0.5, 0.6) is 5.75 Å². The number of aromatic amines is 2. The van der Waals surface area contributed by atoms with Gasteiger partial charge < -0.3 is 26.9 Å². The van der Waals surface area contributed by atoms with Gasteiger partial charge in [0.1, 0.15) is 23.1 Å². The number of nitrogens with zero attached hydrogens (tertiary/aromatic N) is 1. The van der Waals surface area contributed by atoms with Crippen molar-refractivity contribution in [2.45, 2.75) is 12.3 Å². The summed E-state index contributed by atoms with van der Waals surface area (Å²) >= 11 is 0. The number of benzene rings is 1. The predicted octanol–water partition coefficient (Wildman–Crippen LogP) is 0.676. The summed E-state index contributed by atoms with van der Waals surface area (Å²) in [4.78, 5) is 29.8. The number of carbonyl (C=O) groups is 1. The van der Waals surface area contributed by atoms with E-state index >= 15 is 0 Å². The normalized spacial score (nSPS) is 16.1. The van der Waals surface area contributed by atoms with Crippen molar-refractivity contribution in [2.24, 2.45) is 5.73 Å². The van der Waals surface area contributed by atoms with E-state index in [1.807, 2.05) is 0 Å². The first kappa shape index (κ1) is 15.9. The molecule has 1 aliphatic rings. The molecule has 134 valence electrons. The maximum absolute atomic E-state index is 12.5. The maximum Gasteiger partial charge on any atom is 0.332 e. The number of rotatable bonds is 3. The molecule has 0 saturated carbocycles. The summed E-state index contributed by atoms with van der Waals surface area (Å²) in [5.41, 5.74) is 19.3. The van der Waals surface area contributed by atoms with Crippen molar-refractivity contribution in [3.63, 3.8) is 0 Å². The van der Waals surface area contributed by atoms with Gasteiger partial charge in [-0.25, -0.2) is 4.79 Å². The van der Waals surface area contributed by atoms with Gasteiger partial charge in [0.05, 0.1) is 18.2 Å². The summed E-state index contributed by atoms with van der Waals surface area (Å²) in [6.07, 6.45) is 2.16. The standard InChI is InChI=1S/C17H18N6O3/c18-14-10(3-5-21-14)13-15(19)22-17(25)23(13)8-1-2-12-11(7-8)9(16(20)24)4-6-26-12/h1-3,5,7,9,21H,4,6,18-19H2,(H2,20,24)(H,22,25). The van der Waals surface area contributed by atoms with E-state index in [9.17, 15) is 9.59 Å². The van der Waals surface area contributed by atoms with Crippen LogP contribution in [0.15, 0.2) is 35.3 Å². The van der Waals surface area contributed by atoms with Gasteiger partial charge in [-0.15, -0.1) is 0 Å². The van der Waals surface area contributed by atoms with Gasteiger partial charge in [0, 0.05) is 17.3 Å². The lowest BCUT2D eigenvalue weighted by molar-refractivity contribution is -0.120. The van der Waals surface area contributed by atoms with Gasteiger partial charge in [-0.05, 0) is 30.7 Å². The number of nitrogens with two attached hydrogens (primary N) is 3. The zero-order chi connectivity index (χ0) is 18.4. The van der Waals surface area contributed by atoms with E-state index in [-0.39, 0.29) is 5.82 Å². The molecule has 1 amide bonds.